The molecule has 1 rings (SSSR count). The van der Waals surface area contributed by atoms with Gasteiger partial charge in [0.1, 0.15) is 6.04 Å². The van der Waals surface area contributed by atoms with Crippen LogP contribution in [0.2, 0.25) is 0 Å². The average molecular weight is 297 g/mol. The van der Waals surface area contributed by atoms with Gasteiger partial charge in [-0.05, 0) is 32.0 Å². The molecular formula is C12H13BrN2O2. The van der Waals surface area contributed by atoms with Crippen LogP contribution in [0.1, 0.15) is 19.4 Å². The number of hydrogen-bond acceptors (Lipinski definition) is 4. The highest BCUT2D eigenvalue weighted by atomic mass is 79.9. The minimum Gasteiger partial charge on any atom is -0.464 e. The van der Waals surface area contributed by atoms with E-state index in [0.29, 0.717) is 17.9 Å². The fourth-order valence-electron chi connectivity index (χ4n) is 1.31. The first-order valence-corrected chi connectivity index (χ1v) is 6.00. The Morgan fingerprint density at radius 3 is 2.88 bits per heavy atom. The first kappa shape index (κ1) is 13.5. The van der Waals surface area contributed by atoms with Crippen molar-refractivity contribution in [3.63, 3.8) is 0 Å². The number of nitrogens with one attached hydrogen (secondary N) is 1. The molecule has 1 unspecified atom stereocenters. The largest absolute Gasteiger partial charge is 0.464 e. The molecule has 0 saturated heterocycles. The molecule has 1 aromatic rings. The molecule has 1 aromatic carbocycles. The van der Waals surface area contributed by atoms with Gasteiger partial charge >= 0.3 is 5.97 Å². The molecule has 0 amide bonds. The second kappa shape index (κ2) is 6.26. The summed E-state index contributed by atoms with van der Waals surface area (Å²) in [4.78, 5) is 11.4. The minimum atomic E-state index is -0.448. The lowest BCUT2D eigenvalue weighted by atomic mass is 10.2. The van der Waals surface area contributed by atoms with Crippen LogP contribution in [0, 0.1) is 11.3 Å². The highest BCUT2D eigenvalue weighted by Crippen LogP contribution is 2.19. The van der Waals surface area contributed by atoms with E-state index < -0.39 is 6.04 Å². The minimum absolute atomic E-state index is 0.314. The second-order valence-electron chi connectivity index (χ2n) is 3.46. The van der Waals surface area contributed by atoms with Gasteiger partial charge in [-0.15, -0.1) is 0 Å². The second-order valence-corrected chi connectivity index (χ2v) is 4.37. The van der Waals surface area contributed by atoms with Gasteiger partial charge in [-0.3, -0.25) is 0 Å². The number of carbonyl (C=O) groups is 1. The first-order valence-electron chi connectivity index (χ1n) is 5.20. The Labute approximate surface area is 109 Å². The zero-order valence-corrected chi connectivity index (χ0v) is 11.2. The Balaban J connectivity index is 2.78. The fraction of sp³-hybridized carbons (Fsp3) is 0.333. The summed E-state index contributed by atoms with van der Waals surface area (Å²) in [5.74, 6) is -0.314. The highest BCUT2D eigenvalue weighted by molar-refractivity contribution is 9.10. The number of esters is 1. The first-order chi connectivity index (χ1) is 8.06. The maximum absolute atomic E-state index is 11.4. The Bertz CT molecular complexity index is 454. The van der Waals surface area contributed by atoms with E-state index in [0.717, 1.165) is 4.47 Å². The molecule has 0 heterocycles. The summed E-state index contributed by atoms with van der Waals surface area (Å²) in [7, 11) is 0. The third-order valence-electron chi connectivity index (χ3n) is 2.05. The Hall–Kier alpha value is -1.54. The molecule has 0 aliphatic heterocycles. The van der Waals surface area contributed by atoms with Crippen LogP contribution in [-0.4, -0.2) is 18.6 Å². The summed E-state index contributed by atoms with van der Waals surface area (Å²) in [5, 5.41) is 11.8. The van der Waals surface area contributed by atoms with Crippen molar-refractivity contribution in [3.05, 3.63) is 28.2 Å². The van der Waals surface area contributed by atoms with E-state index >= 15 is 0 Å². The van der Waals surface area contributed by atoms with E-state index in [-0.39, 0.29) is 5.97 Å². The average Bonchev–Trinajstić information content (AvgIpc) is 2.28. The van der Waals surface area contributed by atoms with E-state index in [4.69, 9.17) is 10.00 Å². The summed E-state index contributed by atoms with van der Waals surface area (Å²) < 4.78 is 5.67. The number of ether oxygens (including phenoxy) is 1. The summed E-state index contributed by atoms with van der Waals surface area (Å²) in [5.41, 5.74) is 1.23. The third kappa shape index (κ3) is 4.08. The topological polar surface area (TPSA) is 62.1 Å². The van der Waals surface area contributed by atoms with Gasteiger partial charge in [0.25, 0.3) is 0 Å². The number of anilines is 1. The van der Waals surface area contributed by atoms with Gasteiger partial charge in [-0.25, -0.2) is 4.79 Å². The zero-order valence-electron chi connectivity index (χ0n) is 9.66. The van der Waals surface area contributed by atoms with E-state index in [2.05, 4.69) is 21.2 Å². The Morgan fingerprint density at radius 2 is 2.29 bits per heavy atom. The molecule has 0 saturated carbocycles. The van der Waals surface area contributed by atoms with E-state index in [1.54, 1.807) is 32.0 Å². The van der Waals surface area contributed by atoms with Crippen molar-refractivity contribution < 1.29 is 9.53 Å². The molecule has 90 valence electrons. The summed E-state index contributed by atoms with van der Waals surface area (Å²) >= 11 is 3.30. The predicted molar refractivity (Wildman–Crippen MR) is 68.6 cm³/mol. The number of nitriles is 1. The molecule has 17 heavy (non-hydrogen) atoms. The lowest BCUT2D eigenvalue weighted by molar-refractivity contribution is -0.143. The number of halogens is 1. The fourth-order valence-corrected chi connectivity index (χ4v) is 1.81. The molecule has 0 spiro atoms. The van der Waals surface area contributed by atoms with Crippen molar-refractivity contribution in [3.8, 4) is 6.07 Å². The van der Waals surface area contributed by atoms with Crippen LogP contribution in [0.5, 0.6) is 0 Å². The summed E-state index contributed by atoms with van der Waals surface area (Å²) in [6.45, 7) is 3.83. The zero-order chi connectivity index (χ0) is 12.8. The molecule has 0 aliphatic carbocycles. The molecule has 1 atom stereocenters. The maximum Gasteiger partial charge on any atom is 0.328 e. The van der Waals surface area contributed by atoms with Gasteiger partial charge in [0.2, 0.25) is 0 Å². The van der Waals surface area contributed by atoms with Gasteiger partial charge in [0.15, 0.2) is 0 Å². The van der Waals surface area contributed by atoms with Crippen molar-refractivity contribution in [2.45, 2.75) is 19.9 Å². The number of benzene rings is 1. The third-order valence-corrected chi connectivity index (χ3v) is 2.51. The van der Waals surface area contributed by atoms with Crippen molar-refractivity contribution in [2.75, 3.05) is 11.9 Å². The van der Waals surface area contributed by atoms with E-state index in [9.17, 15) is 4.79 Å². The quantitative estimate of drug-likeness (QED) is 0.868. The molecule has 0 fully saturated rings. The smallest absolute Gasteiger partial charge is 0.328 e. The highest BCUT2D eigenvalue weighted by Gasteiger charge is 2.13. The predicted octanol–water partition coefficient (Wildman–Crippen LogP) is 2.68. The lowest BCUT2D eigenvalue weighted by Gasteiger charge is -2.14. The monoisotopic (exact) mass is 296 g/mol. The molecule has 5 heteroatoms. The molecule has 1 N–H and O–H groups in total. The van der Waals surface area contributed by atoms with Crippen LogP contribution in [0.3, 0.4) is 0 Å². The molecule has 0 aliphatic rings. The van der Waals surface area contributed by atoms with Crippen LogP contribution in [-0.2, 0) is 9.53 Å². The number of hydrogen-bond donors (Lipinski definition) is 1. The summed E-state index contributed by atoms with van der Waals surface area (Å²) in [6.07, 6.45) is 0. The van der Waals surface area contributed by atoms with E-state index in [1.807, 2.05) is 6.07 Å². The van der Waals surface area contributed by atoms with Crippen molar-refractivity contribution in [1.82, 2.24) is 0 Å². The van der Waals surface area contributed by atoms with Gasteiger partial charge in [-0.2, -0.15) is 5.26 Å². The van der Waals surface area contributed by atoms with Crippen molar-refractivity contribution >= 4 is 27.6 Å². The van der Waals surface area contributed by atoms with Crippen LogP contribution in [0.4, 0.5) is 5.69 Å². The molecule has 0 bridgehead atoms. The van der Waals surface area contributed by atoms with Crippen molar-refractivity contribution in [2.24, 2.45) is 0 Å². The van der Waals surface area contributed by atoms with Crippen LogP contribution in [0.25, 0.3) is 0 Å². The van der Waals surface area contributed by atoms with Crippen LogP contribution >= 0.6 is 15.9 Å². The molecule has 0 radical (unpaired) electrons. The molecule has 4 nitrogen and oxygen atoms in total. The molecular weight excluding hydrogens is 284 g/mol. The van der Waals surface area contributed by atoms with Gasteiger partial charge in [0.05, 0.1) is 18.2 Å². The van der Waals surface area contributed by atoms with Crippen LogP contribution in [0.15, 0.2) is 22.7 Å². The van der Waals surface area contributed by atoms with Gasteiger partial charge in [0, 0.05) is 10.2 Å². The summed E-state index contributed by atoms with van der Waals surface area (Å²) in [6, 6.07) is 6.79. The Kier molecular flexibility index (Phi) is 4.98. The Morgan fingerprint density at radius 1 is 1.59 bits per heavy atom. The van der Waals surface area contributed by atoms with E-state index in [1.165, 1.54) is 0 Å². The normalized spacial score (nSPS) is 11.4. The lowest BCUT2D eigenvalue weighted by Crippen LogP contribution is -2.28. The number of nitrogens with zero attached hydrogens (tertiary/aromatic N) is 1. The standard InChI is InChI=1S/C12H13BrN2O2/c1-3-17-12(16)8(2)15-11-5-9(7-14)4-10(13)6-11/h4-6,8,15H,3H2,1-2H3. The van der Waals surface area contributed by atoms with Crippen molar-refractivity contribution in [1.29, 1.82) is 5.26 Å². The number of rotatable bonds is 4. The SMILES string of the molecule is CCOC(=O)C(C)Nc1cc(Br)cc(C#N)c1. The van der Waals surface area contributed by atoms with Crippen LogP contribution < -0.4 is 5.32 Å². The van der Waals surface area contributed by atoms with Gasteiger partial charge < -0.3 is 10.1 Å². The number of carbonyl (C=O) groups excluding carboxylic acids is 1. The molecule has 0 aromatic heterocycles. The van der Waals surface area contributed by atoms with Gasteiger partial charge in [-0.1, -0.05) is 15.9 Å². The maximum atomic E-state index is 11.4.